The van der Waals surface area contributed by atoms with Crippen LogP contribution in [0.3, 0.4) is 0 Å². The first kappa shape index (κ1) is 18.1. The van der Waals surface area contributed by atoms with Crippen molar-refractivity contribution in [2.24, 2.45) is 5.92 Å². The molecule has 3 rings (SSSR count). The molecule has 1 atom stereocenters. The lowest BCUT2D eigenvalue weighted by atomic mass is 10.0. The smallest absolute Gasteiger partial charge is 0.261 e. The molecule has 1 aromatic carbocycles. The topological polar surface area (TPSA) is 84.3 Å². The molecular weight excluding hydrogens is 332 g/mol. The van der Waals surface area contributed by atoms with Gasteiger partial charge in [0.1, 0.15) is 6.54 Å². The van der Waals surface area contributed by atoms with E-state index in [0.29, 0.717) is 24.0 Å². The highest BCUT2D eigenvalue weighted by Gasteiger charge is 2.25. The molecule has 26 heavy (non-hydrogen) atoms. The standard InChI is InChI=1S/C19H24N4O3/c1-13(2)18(25)21-14-6-5-9-22(10-14)17(24)11-23-12-20-16-8-4-3-7-15(16)19(23)26/h3-4,7-8,12-14H,5-6,9-11H2,1-2H3,(H,21,25)/t14-/m1/s1. The van der Waals surface area contributed by atoms with E-state index in [4.69, 9.17) is 0 Å². The summed E-state index contributed by atoms with van der Waals surface area (Å²) in [6, 6.07) is 7.06. The largest absolute Gasteiger partial charge is 0.351 e. The number of likely N-dealkylation sites (tertiary alicyclic amines) is 1. The summed E-state index contributed by atoms with van der Waals surface area (Å²) in [6.07, 6.45) is 3.11. The van der Waals surface area contributed by atoms with E-state index < -0.39 is 0 Å². The van der Waals surface area contributed by atoms with Gasteiger partial charge in [0.2, 0.25) is 11.8 Å². The van der Waals surface area contributed by atoms with Crippen molar-refractivity contribution in [1.29, 1.82) is 0 Å². The summed E-state index contributed by atoms with van der Waals surface area (Å²) < 4.78 is 1.35. The molecule has 0 radical (unpaired) electrons. The monoisotopic (exact) mass is 356 g/mol. The molecule has 0 spiro atoms. The Hall–Kier alpha value is -2.70. The van der Waals surface area contributed by atoms with E-state index >= 15 is 0 Å². The van der Waals surface area contributed by atoms with Crippen molar-refractivity contribution in [2.75, 3.05) is 13.1 Å². The average Bonchev–Trinajstić information content (AvgIpc) is 2.64. The normalized spacial score (nSPS) is 17.5. The van der Waals surface area contributed by atoms with Gasteiger partial charge in [-0.05, 0) is 25.0 Å². The summed E-state index contributed by atoms with van der Waals surface area (Å²) >= 11 is 0. The molecule has 2 amide bonds. The van der Waals surface area contributed by atoms with Crippen LogP contribution in [0.1, 0.15) is 26.7 Å². The molecule has 138 valence electrons. The van der Waals surface area contributed by atoms with Crippen molar-refractivity contribution in [1.82, 2.24) is 19.8 Å². The van der Waals surface area contributed by atoms with Crippen LogP contribution in [0.4, 0.5) is 0 Å². The zero-order valence-corrected chi connectivity index (χ0v) is 15.1. The Morgan fingerprint density at radius 3 is 2.85 bits per heavy atom. The molecule has 0 unspecified atom stereocenters. The highest BCUT2D eigenvalue weighted by Crippen LogP contribution is 2.12. The second-order valence-corrected chi connectivity index (χ2v) is 7.04. The van der Waals surface area contributed by atoms with Crippen molar-refractivity contribution in [3.8, 4) is 0 Å². The molecule has 7 nitrogen and oxygen atoms in total. The highest BCUT2D eigenvalue weighted by atomic mass is 16.2. The predicted octanol–water partition coefficient (Wildman–Crippen LogP) is 1.16. The lowest BCUT2D eigenvalue weighted by molar-refractivity contribution is -0.134. The van der Waals surface area contributed by atoms with Crippen molar-refractivity contribution in [3.63, 3.8) is 0 Å². The molecular formula is C19H24N4O3. The molecule has 1 aliphatic heterocycles. The number of amides is 2. The van der Waals surface area contributed by atoms with Crippen LogP contribution in [-0.2, 0) is 16.1 Å². The van der Waals surface area contributed by atoms with E-state index in [-0.39, 0.29) is 35.9 Å². The molecule has 0 bridgehead atoms. The molecule has 1 aliphatic rings. The number of rotatable bonds is 4. The van der Waals surface area contributed by atoms with Gasteiger partial charge in [0.25, 0.3) is 5.56 Å². The summed E-state index contributed by atoms with van der Waals surface area (Å²) in [5.41, 5.74) is 0.404. The minimum Gasteiger partial charge on any atom is -0.351 e. The van der Waals surface area contributed by atoms with Gasteiger partial charge in [-0.25, -0.2) is 4.98 Å². The number of aromatic nitrogens is 2. The van der Waals surface area contributed by atoms with Crippen LogP contribution in [0, 0.1) is 5.92 Å². The van der Waals surface area contributed by atoms with E-state index in [1.165, 1.54) is 10.9 Å². The van der Waals surface area contributed by atoms with Gasteiger partial charge in [-0.3, -0.25) is 19.0 Å². The summed E-state index contributed by atoms with van der Waals surface area (Å²) in [6.45, 7) is 4.78. The van der Waals surface area contributed by atoms with Crippen LogP contribution < -0.4 is 10.9 Å². The van der Waals surface area contributed by atoms with Gasteiger partial charge in [-0.15, -0.1) is 0 Å². The van der Waals surface area contributed by atoms with Gasteiger partial charge in [0.05, 0.1) is 17.2 Å². The SMILES string of the molecule is CC(C)C(=O)N[C@@H]1CCCN(C(=O)Cn2cnc3ccccc3c2=O)C1. The zero-order chi connectivity index (χ0) is 18.7. The Labute approximate surface area is 152 Å². The first-order valence-electron chi connectivity index (χ1n) is 8.98. The van der Waals surface area contributed by atoms with E-state index in [1.807, 2.05) is 19.9 Å². The number of hydrogen-bond acceptors (Lipinski definition) is 4. The minimum absolute atomic E-state index is 0.000697. The fourth-order valence-electron chi connectivity index (χ4n) is 3.15. The van der Waals surface area contributed by atoms with E-state index in [2.05, 4.69) is 10.3 Å². The number of benzene rings is 1. The van der Waals surface area contributed by atoms with Gasteiger partial charge in [-0.1, -0.05) is 26.0 Å². The van der Waals surface area contributed by atoms with E-state index in [9.17, 15) is 14.4 Å². The zero-order valence-electron chi connectivity index (χ0n) is 15.1. The number of nitrogens with zero attached hydrogens (tertiary/aromatic N) is 3. The summed E-state index contributed by atoms with van der Waals surface area (Å²) in [5, 5.41) is 3.49. The number of hydrogen-bond donors (Lipinski definition) is 1. The van der Waals surface area contributed by atoms with Gasteiger partial charge in [0.15, 0.2) is 0 Å². The maximum absolute atomic E-state index is 12.6. The lowest BCUT2D eigenvalue weighted by Gasteiger charge is -2.33. The second kappa shape index (κ2) is 7.68. The molecule has 7 heteroatoms. The van der Waals surface area contributed by atoms with Crippen molar-refractivity contribution in [2.45, 2.75) is 39.3 Å². The number of nitrogens with one attached hydrogen (secondary N) is 1. The number of carbonyl (C=O) groups excluding carboxylic acids is 2. The first-order valence-corrected chi connectivity index (χ1v) is 8.98. The Bertz CT molecular complexity index is 874. The fourth-order valence-corrected chi connectivity index (χ4v) is 3.15. The van der Waals surface area contributed by atoms with Crippen molar-refractivity contribution in [3.05, 3.63) is 40.9 Å². The molecule has 1 saturated heterocycles. The van der Waals surface area contributed by atoms with Crippen LogP contribution in [0.2, 0.25) is 0 Å². The van der Waals surface area contributed by atoms with Crippen LogP contribution in [0.15, 0.2) is 35.4 Å². The predicted molar refractivity (Wildman–Crippen MR) is 98.6 cm³/mol. The second-order valence-electron chi connectivity index (χ2n) is 7.04. The summed E-state index contributed by atoms with van der Waals surface area (Å²) in [5.74, 6) is -0.213. The molecule has 1 N–H and O–H groups in total. The molecule has 0 aliphatic carbocycles. The third-order valence-corrected chi connectivity index (χ3v) is 4.68. The van der Waals surface area contributed by atoms with Crippen molar-refractivity contribution < 1.29 is 9.59 Å². The third-order valence-electron chi connectivity index (χ3n) is 4.68. The van der Waals surface area contributed by atoms with E-state index in [0.717, 1.165) is 12.8 Å². The highest BCUT2D eigenvalue weighted by molar-refractivity contribution is 5.80. The maximum atomic E-state index is 12.6. The first-order chi connectivity index (χ1) is 12.5. The van der Waals surface area contributed by atoms with Gasteiger partial charge < -0.3 is 10.2 Å². The van der Waals surface area contributed by atoms with Crippen molar-refractivity contribution >= 4 is 22.7 Å². The van der Waals surface area contributed by atoms with Gasteiger partial charge in [0, 0.05) is 25.0 Å². The molecule has 1 aromatic heterocycles. The minimum atomic E-state index is -0.217. The number of fused-ring (bicyclic) bond motifs is 1. The summed E-state index contributed by atoms with van der Waals surface area (Å²) in [7, 11) is 0. The third kappa shape index (κ3) is 3.92. The Kier molecular flexibility index (Phi) is 5.35. The molecule has 0 saturated carbocycles. The number of para-hydroxylation sites is 1. The Balaban J connectivity index is 1.69. The average molecular weight is 356 g/mol. The maximum Gasteiger partial charge on any atom is 0.261 e. The van der Waals surface area contributed by atoms with Gasteiger partial charge in [-0.2, -0.15) is 0 Å². The quantitative estimate of drug-likeness (QED) is 0.891. The fraction of sp³-hybridized carbons (Fsp3) is 0.474. The van der Waals surface area contributed by atoms with E-state index in [1.54, 1.807) is 23.1 Å². The lowest BCUT2D eigenvalue weighted by Crippen LogP contribution is -2.51. The summed E-state index contributed by atoms with van der Waals surface area (Å²) in [4.78, 5) is 43.0. The number of piperidine rings is 1. The van der Waals surface area contributed by atoms with Crippen LogP contribution >= 0.6 is 0 Å². The Morgan fingerprint density at radius 1 is 1.31 bits per heavy atom. The van der Waals surface area contributed by atoms with Crippen LogP contribution in [-0.4, -0.2) is 45.4 Å². The van der Waals surface area contributed by atoms with Crippen LogP contribution in [0.25, 0.3) is 10.9 Å². The molecule has 2 heterocycles. The molecule has 2 aromatic rings. The number of carbonyl (C=O) groups is 2. The van der Waals surface area contributed by atoms with Crippen LogP contribution in [0.5, 0.6) is 0 Å². The molecule has 1 fully saturated rings. The van der Waals surface area contributed by atoms with Gasteiger partial charge >= 0.3 is 0 Å². The Morgan fingerprint density at radius 2 is 2.08 bits per heavy atom.